The molecule has 1 amide bonds. The summed E-state index contributed by atoms with van der Waals surface area (Å²) < 4.78 is 5.40. The van der Waals surface area contributed by atoms with Gasteiger partial charge in [-0.05, 0) is 45.7 Å². The molecule has 1 saturated heterocycles. The third kappa shape index (κ3) is 3.63. The summed E-state index contributed by atoms with van der Waals surface area (Å²) in [5, 5.41) is 3.00. The van der Waals surface area contributed by atoms with Gasteiger partial charge in [-0.2, -0.15) is 0 Å². The molecule has 0 spiro atoms. The van der Waals surface area contributed by atoms with E-state index in [0.29, 0.717) is 23.9 Å². The van der Waals surface area contributed by atoms with Gasteiger partial charge >= 0.3 is 0 Å². The molecule has 1 aromatic heterocycles. The van der Waals surface area contributed by atoms with Gasteiger partial charge in [0.05, 0.1) is 5.56 Å². The lowest BCUT2D eigenvalue weighted by atomic mass is 10.0. The van der Waals surface area contributed by atoms with Crippen LogP contribution in [0.25, 0.3) is 0 Å². The Bertz CT molecular complexity index is 453. The fraction of sp³-hybridized carbons (Fsp3) is 0.688. The molecule has 0 bridgehead atoms. The SMILES string of the molecule is CCC1CCCCN1CCNC(=O)c1cc(C)oc1C. The second kappa shape index (κ2) is 6.93. The largest absolute Gasteiger partial charge is 0.466 e. The van der Waals surface area contributed by atoms with Gasteiger partial charge in [-0.3, -0.25) is 9.69 Å². The van der Waals surface area contributed by atoms with E-state index in [1.54, 1.807) is 6.07 Å². The molecule has 4 heteroatoms. The van der Waals surface area contributed by atoms with Crippen molar-refractivity contribution >= 4 is 5.91 Å². The minimum absolute atomic E-state index is 0.0237. The Morgan fingerprint density at radius 1 is 1.45 bits per heavy atom. The highest BCUT2D eigenvalue weighted by Gasteiger charge is 2.20. The van der Waals surface area contributed by atoms with Crippen LogP contribution >= 0.6 is 0 Å². The van der Waals surface area contributed by atoms with Crippen LogP contribution in [0.4, 0.5) is 0 Å². The molecule has 1 N–H and O–H groups in total. The van der Waals surface area contributed by atoms with Crippen molar-refractivity contribution in [3.63, 3.8) is 0 Å². The lowest BCUT2D eigenvalue weighted by Crippen LogP contribution is -2.43. The zero-order valence-corrected chi connectivity index (χ0v) is 12.9. The molecule has 20 heavy (non-hydrogen) atoms. The van der Waals surface area contributed by atoms with E-state index < -0.39 is 0 Å². The van der Waals surface area contributed by atoms with E-state index in [0.717, 1.165) is 18.8 Å². The minimum Gasteiger partial charge on any atom is -0.466 e. The standard InChI is InChI=1S/C16H26N2O2/c1-4-14-7-5-6-9-18(14)10-8-17-16(19)15-11-12(2)20-13(15)3/h11,14H,4-10H2,1-3H3,(H,17,19). The second-order valence-corrected chi connectivity index (χ2v) is 5.68. The molecule has 0 aliphatic carbocycles. The first-order chi connectivity index (χ1) is 9.61. The maximum Gasteiger partial charge on any atom is 0.254 e. The highest BCUT2D eigenvalue weighted by atomic mass is 16.3. The third-order valence-electron chi connectivity index (χ3n) is 4.19. The molecule has 1 aliphatic rings. The number of carbonyl (C=O) groups excluding carboxylic acids is 1. The lowest BCUT2D eigenvalue weighted by molar-refractivity contribution is 0.0932. The summed E-state index contributed by atoms with van der Waals surface area (Å²) >= 11 is 0. The minimum atomic E-state index is -0.0237. The topological polar surface area (TPSA) is 45.5 Å². The molecule has 0 saturated carbocycles. The number of piperidine rings is 1. The Labute approximate surface area is 121 Å². The van der Waals surface area contributed by atoms with Crippen molar-refractivity contribution in [2.24, 2.45) is 0 Å². The van der Waals surface area contributed by atoms with Crippen LogP contribution in [0.1, 0.15) is 54.5 Å². The fourth-order valence-electron chi connectivity index (χ4n) is 3.08. The van der Waals surface area contributed by atoms with Crippen LogP contribution in [0.5, 0.6) is 0 Å². The Kier molecular flexibility index (Phi) is 5.24. The molecular weight excluding hydrogens is 252 g/mol. The van der Waals surface area contributed by atoms with Crippen LogP contribution in [0.3, 0.4) is 0 Å². The van der Waals surface area contributed by atoms with E-state index in [9.17, 15) is 4.79 Å². The first-order valence-corrected chi connectivity index (χ1v) is 7.71. The maximum absolute atomic E-state index is 12.1. The van der Waals surface area contributed by atoms with Crippen LogP contribution in [-0.2, 0) is 0 Å². The normalized spacial score (nSPS) is 20.1. The highest BCUT2D eigenvalue weighted by molar-refractivity contribution is 5.95. The van der Waals surface area contributed by atoms with E-state index in [4.69, 9.17) is 4.42 Å². The van der Waals surface area contributed by atoms with Gasteiger partial charge in [-0.1, -0.05) is 13.3 Å². The van der Waals surface area contributed by atoms with E-state index in [2.05, 4.69) is 17.1 Å². The molecule has 1 unspecified atom stereocenters. The number of hydrogen-bond donors (Lipinski definition) is 1. The number of rotatable bonds is 5. The average Bonchev–Trinajstić information content (AvgIpc) is 2.78. The zero-order chi connectivity index (χ0) is 14.5. The summed E-state index contributed by atoms with van der Waals surface area (Å²) in [6.45, 7) is 8.76. The number of nitrogens with one attached hydrogen (secondary N) is 1. The van der Waals surface area contributed by atoms with Crippen LogP contribution in [-0.4, -0.2) is 36.5 Å². The fourth-order valence-corrected chi connectivity index (χ4v) is 3.08. The summed E-state index contributed by atoms with van der Waals surface area (Å²) in [7, 11) is 0. The number of likely N-dealkylation sites (tertiary alicyclic amines) is 1. The molecule has 1 aliphatic heterocycles. The van der Waals surface area contributed by atoms with E-state index in [-0.39, 0.29) is 5.91 Å². The molecule has 2 rings (SSSR count). The highest BCUT2D eigenvalue weighted by Crippen LogP contribution is 2.18. The van der Waals surface area contributed by atoms with Crippen molar-refractivity contribution in [3.8, 4) is 0 Å². The number of amides is 1. The predicted octanol–water partition coefficient (Wildman–Crippen LogP) is 2.89. The molecule has 0 aromatic carbocycles. The molecule has 2 heterocycles. The Balaban J connectivity index is 1.80. The number of aryl methyl sites for hydroxylation is 2. The van der Waals surface area contributed by atoms with Gasteiger partial charge in [0.2, 0.25) is 0 Å². The first-order valence-electron chi connectivity index (χ1n) is 7.71. The molecule has 1 aromatic rings. The van der Waals surface area contributed by atoms with Crippen LogP contribution in [0.15, 0.2) is 10.5 Å². The third-order valence-corrected chi connectivity index (χ3v) is 4.19. The summed E-state index contributed by atoms with van der Waals surface area (Å²) in [5.41, 5.74) is 0.660. The van der Waals surface area contributed by atoms with Crippen molar-refractivity contribution in [2.45, 2.75) is 52.5 Å². The quantitative estimate of drug-likeness (QED) is 0.900. The Hall–Kier alpha value is -1.29. The van der Waals surface area contributed by atoms with E-state index in [1.807, 2.05) is 13.8 Å². The van der Waals surface area contributed by atoms with Crippen molar-refractivity contribution in [3.05, 3.63) is 23.2 Å². The van der Waals surface area contributed by atoms with Crippen molar-refractivity contribution in [1.82, 2.24) is 10.2 Å². The number of carbonyl (C=O) groups is 1. The van der Waals surface area contributed by atoms with Gasteiger partial charge in [0.25, 0.3) is 5.91 Å². The molecule has 112 valence electrons. The molecule has 0 radical (unpaired) electrons. The summed E-state index contributed by atoms with van der Waals surface area (Å²) in [6, 6.07) is 2.50. The van der Waals surface area contributed by atoms with Crippen molar-refractivity contribution < 1.29 is 9.21 Å². The second-order valence-electron chi connectivity index (χ2n) is 5.68. The van der Waals surface area contributed by atoms with Gasteiger partial charge in [0.1, 0.15) is 11.5 Å². The number of furan rings is 1. The molecule has 4 nitrogen and oxygen atoms in total. The monoisotopic (exact) mass is 278 g/mol. The van der Waals surface area contributed by atoms with Gasteiger partial charge in [0, 0.05) is 19.1 Å². The van der Waals surface area contributed by atoms with Crippen LogP contribution in [0, 0.1) is 13.8 Å². The maximum atomic E-state index is 12.1. The summed E-state index contributed by atoms with van der Waals surface area (Å²) in [6.07, 6.45) is 5.12. The molecular formula is C16H26N2O2. The summed E-state index contributed by atoms with van der Waals surface area (Å²) in [5.74, 6) is 1.46. The van der Waals surface area contributed by atoms with Crippen LogP contribution < -0.4 is 5.32 Å². The van der Waals surface area contributed by atoms with Gasteiger partial charge in [-0.25, -0.2) is 0 Å². The van der Waals surface area contributed by atoms with Gasteiger partial charge in [0.15, 0.2) is 0 Å². The van der Waals surface area contributed by atoms with Gasteiger partial charge < -0.3 is 9.73 Å². The Morgan fingerprint density at radius 3 is 2.90 bits per heavy atom. The smallest absolute Gasteiger partial charge is 0.254 e. The van der Waals surface area contributed by atoms with E-state index in [1.165, 1.54) is 25.7 Å². The van der Waals surface area contributed by atoms with Gasteiger partial charge in [-0.15, -0.1) is 0 Å². The number of hydrogen-bond acceptors (Lipinski definition) is 3. The average molecular weight is 278 g/mol. The zero-order valence-electron chi connectivity index (χ0n) is 12.9. The first kappa shape index (κ1) is 15.1. The number of nitrogens with zero attached hydrogens (tertiary/aromatic N) is 1. The lowest BCUT2D eigenvalue weighted by Gasteiger charge is -2.35. The van der Waals surface area contributed by atoms with Crippen molar-refractivity contribution in [2.75, 3.05) is 19.6 Å². The summed E-state index contributed by atoms with van der Waals surface area (Å²) in [4.78, 5) is 14.6. The molecule has 1 fully saturated rings. The van der Waals surface area contributed by atoms with Crippen molar-refractivity contribution in [1.29, 1.82) is 0 Å². The Morgan fingerprint density at radius 2 is 2.25 bits per heavy atom. The van der Waals surface area contributed by atoms with E-state index >= 15 is 0 Å². The van der Waals surface area contributed by atoms with Crippen LogP contribution in [0.2, 0.25) is 0 Å². The predicted molar refractivity (Wildman–Crippen MR) is 80.0 cm³/mol. The molecule has 1 atom stereocenters.